The van der Waals surface area contributed by atoms with Gasteiger partial charge in [0.2, 0.25) is 5.91 Å². The minimum absolute atomic E-state index is 0.108. The van der Waals surface area contributed by atoms with Gasteiger partial charge < -0.3 is 14.7 Å². The number of carbonyl (C=O) groups is 1. The van der Waals surface area contributed by atoms with E-state index in [2.05, 4.69) is 0 Å². The number of methoxy groups -OCH3 is 1. The van der Waals surface area contributed by atoms with Crippen LogP contribution >= 0.6 is 0 Å². The summed E-state index contributed by atoms with van der Waals surface area (Å²) in [6.45, 7) is 3.27. The highest BCUT2D eigenvalue weighted by molar-refractivity contribution is 5.94. The Morgan fingerprint density at radius 3 is 3.00 bits per heavy atom. The van der Waals surface area contributed by atoms with Crippen LogP contribution in [0.1, 0.15) is 37.9 Å². The van der Waals surface area contributed by atoms with Gasteiger partial charge in [-0.1, -0.05) is 25.1 Å². The number of anilines is 1. The molecule has 0 fully saturated rings. The Kier molecular flexibility index (Phi) is 5.15. The van der Waals surface area contributed by atoms with Crippen molar-refractivity contribution in [2.75, 3.05) is 25.2 Å². The normalized spacial score (nSPS) is 20.1. The SMILES string of the molecule is COCC(C)CC(=O)N1CCCC(O)c2ccccc21. The van der Waals surface area contributed by atoms with Gasteiger partial charge in [-0.05, 0) is 24.8 Å². The molecule has 0 bridgehead atoms. The molecule has 1 N–H and O–H groups in total. The summed E-state index contributed by atoms with van der Waals surface area (Å²) >= 11 is 0. The van der Waals surface area contributed by atoms with Gasteiger partial charge in [0.1, 0.15) is 0 Å². The Morgan fingerprint density at radius 1 is 1.50 bits per heavy atom. The molecule has 0 saturated carbocycles. The van der Waals surface area contributed by atoms with Crippen molar-refractivity contribution in [1.29, 1.82) is 0 Å². The van der Waals surface area contributed by atoms with Crippen molar-refractivity contribution in [3.8, 4) is 0 Å². The molecule has 1 heterocycles. The zero-order valence-corrected chi connectivity index (χ0v) is 12.2. The molecule has 0 radical (unpaired) electrons. The fraction of sp³-hybridized carbons (Fsp3) is 0.562. The smallest absolute Gasteiger partial charge is 0.227 e. The van der Waals surface area contributed by atoms with Crippen LogP contribution in [-0.4, -0.2) is 31.3 Å². The molecule has 1 aromatic carbocycles. The van der Waals surface area contributed by atoms with E-state index in [4.69, 9.17) is 4.74 Å². The van der Waals surface area contributed by atoms with E-state index in [-0.39, 0.29) is 11.8 Å². The summed E-state index contributed by atoms with van der Waals surface area (Å²) in [4.78, 5) is 14.3. The molecule has 4 heteroatoms. The van der Waals surface area contributed by atoms with Crippen LogP contribution in [0.2, 0.25) is 0 Å². The number of rotatable bonds is 4. The molecule has 4 nitrogen and oxygen atoms in total. The molecule has 110 valence electrons. The third kappa shape index (κ3) is 3.38. The van der Waals surface area contributed by atoms with Gasteiger partial charge in [-0.25, -0.2) is 0 Å². The van der Waals surface area contributed by atoms with Crippen LogP contribution in [0.4, 0.5) is 5.69 Å². The van der Waals surface area contributed by atoms with Crippen LogP contribution in [-0.2, 0) is 9.53 Å². The molecular weight excluding hydrogens is 254 g/mol. The van der Waals surface area contributed by atoms with E-state index >= 15 is 0 Å². The van der Waals surface area contributed by atoms with E-state index in [1.807, 2.05) is 36.1 Å². The van der Waals surface area contributed by atoms with Gasteiger partial charge in [0, 0.05) is 37.9 Å². The van der Waals surface area contributed by atoms with Crippen molar-refractivity contribution < 1.29 is 14.6 Å². The van der Waals surface area contributed by atoms with E-state index in [1.165, 1.54) is 0 Å². The maximum atomic E-state index is 12.5. The predicted octanol–water partition coefficient (Wildman–Crippen LogP) is 2.52. The van der Waals surface area contributed by atoms with Crippen LogP contribution < -0.4 is 4.90 Å². The highest BCUT2D eigenvalue weighted by Gasteiger charge is 2.25. The van der Waals surface area contributed by atoms with Crippen molar-refractivity contribution in [2.24, 2.45) is 5.92 Å². The molecule has 0 saturated heterocycles. The topological polar surface area (TPSA) is 49.8 Å². The van der Waals surface area contributed by atoms with Crippen LogP contribution in [0, 0.1) is 5.92 Å². The summed E-state index contributed by atoms with van der Waals surface area (Å²) in [6.07, 6.45) is 1.52. The first-order chi connectivity index (χ1) is 9.63. The number of ether oxygens (including phenoxy) is 1. The summed E-state index contributed by atoms with van der Waals surface area (Å²) in [6, 6.07) is 7.65. The van der Waals surface area contributed by atoms with Gasteiger partial charge >= 0.3 is 0 Å². The van der Waals surface area contributed by atoms with Gasteiger partial charge in [-0.2, -0.15) is 0 Å². The highest BCUT2D eigenvalue weighted by atomic mass is 16.5. The van der Waals surface area contributed by atoms with Crippen LogP contribution in [0.5, 0.6) is 0 Å². The van der Waals surface area contributed by atoms with Crippen molar-refractivity contribution in [1.82, 2.24) is 0 Å². The number of para-hydroxylation sites is 1. The fourth-order valence-electron chi connectivity index (χ4n) is 2.74. The van der Waals surface area contributed by atoms with Gasteiger partial charge in [0.25, 0.3) is 0 Å². The second-order valence-corrected chi connectivity index (χ2v) is 5.53. The molecule has 20 heavy (non-hydrogen) atoms. The number of aliphatic hydroxyl groups is 1. The van der Waals surface area contributed by atoms with E-state index in [0.29, 0.717) is 26.0 Å². The molecule has 0 aliphatic carbocycles. The Bertz CT molecular complexity index is 461. The largest absolute Gasteiger partial charge is 0.388 e. The summed E-state index contributed by atoms with van der Waals surface area (Å²) in [5.74, 6) is 0.309. The van der Waals surface area contributed by atoms with Gasteiger partial charge in [0.05, 0.1) is 6.10 Å². The van der Waals surface area contributed by atoms with Gasteiger partial charge in [0.15, 0.2) is 0 Å². The molecule has 1 amide bonds. The van der Waals surface area contributed by atoms with E-state index in [9.17, 15) is 9.90 Å². The molecule has 1 aliphatic rings. The molecule has 0 aromatic heterocycles. The number of hydrogen-bond acceptors (Lipinski definition) is 3. The number of benzene rings is 1. The van der Waals surface area contributed by atoms with Crippen molar-refractivity contribution >= 4 is 11.6 Å². The van der Waals surface area contributed by atoms with Crippen molar-refractivity contribution in [3.05, 3.63) is 29.8 Å². The minimum Gasteiger partial charge on any atom is -0.388 e. The Labute approximate surface area is 120 Å². The molecule has 0 spiro atoms. The molecule has 1 aromatic rings. The van der Waals surface area contributed by atoms with Crippen LogP contribution in [0.25, 0.3) is 0 Å². The average Bonchev–Trinajstić information content (AvgIpc) is 2.59. The van der Waals surface area contributed by atoms with Gasteiger partial charge in [-0.15, -0.1) is 0 Å². The lowest BCUT2D eigenvalue weighted by Gasteiger charge is -2.24. The Hall–Kier alpha value is -1.39. The average molecular weight is 277 g/mol. The highest BCUT2D eigenvalue weighted by Crippen LogP contribution is 2.33. The number of hydrogen-bond donors (Lipinski definition) is 1. The number of fused-ring (bicyclic) bond motifs is 1. The monoisotopic (exact) mass is 277 g/mol. The first kappa shape index (κ1) is 15.0. The van der Waals surface area contributed by atoms with Crippen LogP contribution in [0.3, 0.4) is 0 Å². The molecule has 1 aliphatic heterocycles. The molecule has 2 rings (SSSR count). The maximum absolute atomic E-state index is 12.5. The minimum atomic E-state index is -0.472. The summed E-state index contributed by atoms with van der Waals surface area (Å²) in [7, 11) is 1.65. The fourth-order valence-corrected chi connectivity index (χ4v) is 2.74. The first-order valence-electron chi connectivity index (χ1n) is 7.19. The van der Waals surface area contributed by atoms with Crippen molar-refractivity contribution in [2.45, 2.75) is 32.3 Å². The third-order valence-corrected chi connectivity index (χ3v) is 3.72. The lowest BCUT2D eigenvalue weighted by Crippen LogP contribution is -2.33. The van der Waals surface area contributed by atoms with Gasteiger partial charge in [-0.3, -0.25) is 4.79 Å². The summed E-state index contributed by atoms with van der Waals surface area (Å²) in [5.41, 5.74) is 1.71. The second kappa shape index (κ2) is 6.86. The molecule has 2 atom stereocenters. The number of aliphatic hydroxyl groups excluding tert-OH is 1. The quantitative estimate of drug-likeness (QED) is 0.920. The van der Waals surface area contributed by atoms with E-state index in [1.54, 1.807) is 7.11 Å². The van der Waals surface area contributed by atoms with Crippen LogP contribution in [0.15, 0.2) is 24.3 Å². The first-order valence-corrected chi connectivity index (χ1v) is 7.19. The molecular formula is C16H23NO3. The number of nitrogens with zero attached hydrogens (tertiary/aromatic N) is 1. The summed E-state index contributed by atoms with van der Waals surface area (Å²) in [5, 5.41) is 10.1. The lowest BCUT2D eigenvalue weighted by molar-refractivity contribution is -0.119. The zero-order valence-electron chi connectivity index (χ0n) is 12.2. The third-order valence-electron chi connectivity index (χ3n) is 3.72. The Morgan fingerprint density at radius 2 is 2.25 bits per heavy atom. The predicted molar refractivity (Wildman–Crippen MR) is 78.6 cm³/mol. The number of carbonyl (C=O) groups excluding carboxylic acids is 1. The molecule has 2 unspecified atom stereocenters. The Balaban J connectivity index is 2.19. The number of amides is 1. The van der Waals surface area contributed by atoms with Crippen molar-refractivity contribution in [3.63, 3.8) is 0 Å². The lowest BCUT2D eigenvalue weighted by atomic mass is 10.0. The standard InChI is InChI=1S/C16H23NO3/c1-12(11-20-2)10-16(19)17-9-5-8-15(18)13-6-3-4-7-14(13)17/h3-4,6-7,12,15,18H,5,8-11H2,1-2H3. The van der Waals surface area contributed by atoms with E-state index in [0.717, 1.165) is 17.7 Å². The van der Waals surface area contributed by atoms with E-state index < -0.39 is 6.10 Å². The summed E-state index contributed by atoms with van der Waals surface area (Å²) < 4.78 is 5.09. The maximum Gasteiger partial charge on any atom is 0.227 e. The second-order valence-electron chi connectivity index (χ2n) is 5.53. The zero-order chi connectivity index (χ0) is 14.5.